The van der Waals surface area contributed by atoms with Gasteiger partial charge in [0.05, 0.1) is 10.8 Å². The predicted octanol–water partition coefficient (Wildman–Crippen LogP) is 4.34. The van der Waals surface area contributed by atoms with Crippen LogP contribution in [0.25, 0.3) is 10.8 Å². The molecule has 3 aromatic carbocycles. The van der Waals surface area contributed by atoms with E-state index in [4.69, 9.17) is 4.42 Å². The number of nitrogens with zero attached hydrogens (tertiary/aromatic N) is 2. The van der Waals surface area contributed by atoms with Gasteiger partial charge in [-0.15, -0.1) is 0 Å². The largest absolute Gasteiger partial charge is 0.507 e. The summed E-state index contributed by atoms with van der Waals surface area (Å²) in [6.45, 7) is 1.74. The first kappa shape index (κ1) is 23.7. The Hall–Kier alpha value is -4.63. The van der Waals surface area contributed by atoms with Crippen LogP contribution in [0.1, 0.15) is 43.5 Å². The molecule has 0 amide bonds. The van der Waals surface area contributed by atoms with Gasteiger partial charge in [-0.25, -0.2) is 4.79 Å². The van der Waals surface area contributed by atoms with Crippen LogP contribution in [0.4, 0.5) is 5.69 Å². The van der Waals surface area contributed by atoms with Gasteiger partial charge in [-0.2, -0.15) is 0 Å². The minimum Gasteiger partial charge on any atom is -0.507 e. The number of aryl methyl sites for hydroxylation is 1. The van der Waals surface area contributed by atoms with Crippen molar-refractivity contribution in [1.82, 2.24) is 4.90 Å². The van der Waals surface area contributed by atoms with Gasteiger partial charge in [-0.1, -0.05) is 48.5 Å². The monoisotopic (exact) mass is 510 g/mol. The molecule has 1 spiro atoms. The summed E-state index contributed by atoms with van der Waals surface area (Å²) >= 11 is 0. The Labute approximate surface area is 216 Å². The molecule has 38 heavy (non-hydrogen) atoms. The Morgan fingerprint density at radius 3 is 2.45 bits per heavy atom. The number of carbonyl (C=O) groups excluding carboxylic acids is 2. The first-order valence-corrected chi connectivity index (χ1v) is 12.1. The maximum atomic E-state index is 14.4. The van der Waals surface area contributed by atoms with Crippen LogP contribution in [-0.4, -0.2) is 40.1 Å². The zero-order chi connectivity index (χ0) is 26.9. The Bertz CT molecular complexity index is 1740. The van der Waals surface area contributed by atoms with Crippen LogP contribution >= 0.6 is 0 Å². The summed E-state index contributed by atoms with van der Waals surface area (Å²) in [6.07, 6.45) is 0. The van der Waals surface area contributed by atoms with E-state index in [1.807, 2.05) is 29.2 Å². The number of non-ortho nitro benzene ring substituents is 1. The second kappa shape index (κ2) is 8.19. The number of hydrogen-bond acceptors (Lipinski definition) is 8. The first-order valence-electron chi connectivity index (χ1n) is 12.1. The molecule has 1 aromatic heterocycles. The first-order chi connectivity index (χ1) is 18.2. The van der Waals surface area contributed by atoms with Gasteiger partial charge in [-0.3, -0.25) is 24.6 Å². The van der Waals surface area contributed by atoms with Crippen molar-refractivity contribution < 1.29 is 24.0 Å². The van der Waals surface area contributed by atoms with Crippen LogP contribution in [0.3, 0.4) is 0 Å². The van der Waals surface area contributed by atoms with Gasteiger partial charge in [0.1, 0.15) is 22.6 Å². The quantitative estimate of drug-likeness (QED) is 0.244. The predicted molar refractivity (Wildman–Crippen MR) is 138 cm³/mol. The standard InChI is InChI=1S/C29H22N2O7/c1-15-13-22(32)24(28(35)38-15)26(33)25-20(16-9-11-18(12-10-16)31(36)37)14-30(2)29(25)21-8-4-6-17-5-3-7-19(23(17)21)27(29)34/h3-13,20,25,32H,14H2,1-2H3/t20-,25+,29-/m0/s1. The number of rotatable bonds is 4. The van der Waals surface area contributed by atoms with E-state index >= 15 is 0 Å². The number of likely N-dealkylation sites (tertiary alicyclic amines) is 1. The van der Waals surface area contributed by atoms with Crippen molar-refractivity contribution in [2.75, 3.05) is 13.6 Å². The number of nitro benzene ring substituents is 1. The van der Waals surface area contributed by atoms with E-state index in [2.05, 4.69) is 0 Å². The highest BCUT2D eigenvalue weighted by Gasteiger charge is 2.64. The topological polar surface area (TPSA) is 131 Å². The van der Waals surface area contributed by atoms with Gasteiger partial charge in [-0.05, 0) is 35.9 Å². The molecule has 1 aliphatic carbocycles. The molecule has 0 saturated carbocycles. The number of fused-ring (bicyclic) bond motifs is 1. The molecule has 2 heterocycles. The third kappa shape index (κ3) is 3.05. The van der Waals surface area contributed by atoms with E-state index in [9.17, 15) is 29.6 Å². The van der Waals surface area contributed by atoms with Crippen molar-refractivity contribution in [3.8, 4) is 5.75 Å². The van der Waals surface area contributed by atoms with Crippen molar-refractivity contribution in [2.45, 2.75) is 18.4 Å². The molecular weight excluding hydrogens is 488 g/mol. The summed E-state index contributed by atoms with van der Waals surface area (Å²) in [5, 5.41) is 23.5. The molecule has 1 aliphatic heterocycles. The van der Waals surface area contributed by atoms with Gasteiger partial charge in [0, 0.05) is 36.2 Å². The van der Waals surface area contributed by atoms with Crippen LogP contribution in [0.15, 0.2) is 75.9 Å². The molecule has 0 radical (unpaired) electrons. The van der Waals surface area contributed by atoms with Crippen molar-refractivity contribution in [1.29, 1.82) is 0 Å². The van der Waals surface area contributed by atoms with Gasteiger partial charge in [0.25, 0.3) is 5.69 Å². The Kier molecular flexibility index (Phi) is 5.12. The van der Waals surface area contributed by atoms with E-state index in [0.717, 1.165) is 10.8 Å². The number of Topliss-reactive ketones (excluding diaryl/α,β-unsaturated/α-hetero) is 2. The smallest absolute Gasteiger partial charge is 0.350 e. The lowest BCUT2D eigenvalue weighted by molar-refractivity contribution is -0.384. The highest BCUT2D eigenvalue weighted by Crippen LogP contribution is 2.57. The lowest BCUT2D eigenvalue weighted by Crippen LogP contribution is -2.50. The molecule has 190 valence electrons. The van der Waals surface area contributed by atoms with Crippen molar-refractivity contribution in [2.24, 2.45) is 5.92 Å². The van der Waals surface area contributed by atoms with E-state index in [1.54, 1.807) is 31.3 Å². The Morgan fingerprint density at radius 2 is 1.79 bits per heavy atom. The third-order valence-electron chi connectivity index (χ3n) is 7.95. The molecule has 1 saturated heterocycles. The number of ketones is 2. The van der Waals surface area contributed by atoms with E-state index in [-0.39, 0.29) is 23.8 Å². The third-order valence-corrected chi connectivity index (χ3v) is 7.95. The average Bonchev–Trinajstić information content (AvgIpc) is 3.33. The summed E-state index contributed by atoms with van der Waals surface area (Å²) in [7, 11) is 1.76. The van der Waals surface area contributed by atoms with Gasteiger partial charge < -0.3 is 9.52 Å². The molecule has 3 atom stereocenters. The zero-order valence-electron chi connectivity index (χ0n) is 20.5. The van der Waals surface area contributed by atoms with Crippen molar-refractivity contribution in [3.05, 3.63) is 115 Å². The second-order valence-electron chi connectivity index (χ2n) is 9.89. The van der Waals surface area contributed by atoms with E-state index in [0.29, 0.717) is 16.7 Å². The molecule has 9 nitrogen and oxygen atoms in total. The molecule has 2 aliphatic rings. The van der Waals surface area contributed by atoms with Crippen LogP contribution in [0.2, 0.25) is 0 Å². The maximum absolute atomic E-state index is 14.4. The van der Waals surface area contributed by atoms with Crippen LogP contribution in [0, 0.1) is 23.0 Å². The van der Waals surface area contributed by atoms with Gasteiger partial charge in [0.15, 0.2) is 11.6 Å². The molecule has 6 rings (SSSR count). The summed E-state index contributed by atoms with van der Waals surface area (Å²) in [6, 6.07) is 18.0. The Morgan fingerprint density at radius 1 is 1.11 bits per heavy atom. The summed E-state index contributed by atoms with van der Waals surface area (Å²) in [5.74, 6) is -3.12. The van der Waals surface area contributed by atoms with Crippen molar-refractivity contribution in [3.63, 3.8) is 0 Å². The molecule has 0 unspecified atom stereocenters. The summed E-state index contributed by atoms with van der Waals surface area (Å²) in [4.78, 5) is 54.2. The molecular formula is C29H22N2O7. The fraction of sp³-hybridized carbons (Fsp3) is 0.207. The lowest BCUT2D eigenvalue weighted by Gasteiger charge is -2.36. The van der Waals surface area contributed by atoms with Gasteiger partial charge in [0.2, 0.25) is 0 Å². The average molecular weight is 511 g/mol. The fourth-order valence-corrected chi connectivity index (χ4v) is 6.43. The molecule has 4 aromatic rings. The number of likely N-dealkylation sites (N-methyl/N-ethyl adjacent to an activating group) is 1. The number of aromatic hydroxyl groups is 1. The highest BCUT2D eigenvalue weighted by atomic mass is 16.6. The van der Waals surface area contributed by atoms with Crippen molar-refractivity contribution >= 4 is 28.0 Å². The summed E-state index contributed by atoms with van der Waals surface area (Å²) in [5.41, 5.74) is -1.34. The van der Waals surface area contributed by atoms with E-state index < -0.39 is 45.0 Å². The normalized spacial score (nSPS) is 22.4. The highest BCUT2D eigenvalue weighted by molar-refractivity contribution is 6.22. The fourth-order valence-electron chi connectivity index (χ4n) is 6.43. The maximum Gasteiger partial charge on any atom is 0.350 e. The zero-order valence-corrected chi connectivity index (χ0v) is 20.5. The number of nitro groups is 1. The summed E-state index contributed by atoms with van der Waals surface area (Å²) < 4.78 is 5.17. The molecule has 0 bridgehead atoms. The Balaban J connectivity index is 1.63. The SMILES string of the molecule is Cc1cc(O)c(C(=O)[C@H]2[C@H](c3ccc([N+](=O)[O-])cc3)CN(C)[C@]23C(=O)c2cccc4cccc3c24)c(=O)o1. The number of hydrogen-bond donors (Lipinski definition) is 1. The van der Waals surface area contributed by atoms with Crippen LogP contribution in [-0.2, 0) is 5.54 Å². The number of carbonyl (C=O) groups is 2. The van der Waals surface area contributed by atoms with E-state index in [1.165, 1.54) is 25.1 Å². The molecule has 9 heteroatoms. The lowest BCUT2D eigenvalue weighted by atomic mass is 9.69. The molecule has 1 fully saturated rings. The minimum atomic E-state index is -1.46. The minimum absolute atomic E-state index is 0.108. The molecule has 1 N–H and O–H groups in total. The van der Waals surface area contributed by atoms with Crippen LogP contribution in [0.5, 0.6) is 5.75 Å². The number of benzene rings is 3. The second-order valence-corrected chi connectivity index (χ2v) is 9.89. The van der Waals surface area contributed by atoms with Crippen LogP contribution < -0.4 is 5.63 Å². The van der Waals surface area contributed by atoms with Gasteiger partial charge >= 0.3 is 5.63 Å².